The van der Waals surface area contributed by atoms with Crippen LogP contribution >= 0.6 is 0 Å². The first-order valence-electron chi connectivity index (χ1n) is 4.68. The number of H-pyrrole nitrogens is 1. The summed E-state index contributed by atoms with van der Waals surface area (Å²) in [5.41, 5.74) is 4.46. The summed E-state index contributed by atoms with van der Waals surface area (Å²) in [5.74, 6) is 0.656. The number of hydrogen-bond acceptors (Lipinski definition) is 1. The lowest BCUT2D eigenvalue weighted by molar-refractivity contribution is 0.629. The molecular weight excluding hydrogens is 148 g/mol. The smallest absolute Gasteiger partial charge is 0.0360 e. The van der Waals surface area contributed by atoms with Crippen LogP contribution in [0.4, 0.5) is 0 Å². The van der Waals surface area contributed by atoms with E-state index in [2.05, 4.69) is 30.3 Å². The summed E-state index contributed by atoms with van der Waals surface area (Å²) in [5, 5.41) is 3.36. The molecule has 0 atom stereocenters. The molecule has 2 heterocycles. The first-order valence-corrected chi connectivity index (χ1v) is 4.68. The average molecular weight is 164 g/mol. The number of hydrogen-bond donors (Lipinski definition) is 2. The maximum absolute atomic E-state index is 3.36. The van der Waals surface area contributed by atoms with E-state index in [9.17, 15) is 0 Å². The number of aromatic nitrogens is 1. The molecule has 1 aliphatic rings. The van der Waals surface area contributed by atoms with E-state index >= 15 is 0 Å². The van der Waals surface area contributed by atoms with Gasteiger partial charge >= 0.3 is 0 Å². The Hall–Kier alpha value is -0.760. The molecule has 1 aromatic rings. The number of fused-ring (bicyclic) bond motifs is 1. The minimum absolute atomic E-state index is 0.656. The van der Waals surface area contributed by atoms with Crippen LogP contribution in [0.25, 0.3) is 0 Å². The van der Waals surface area contributed by atoms with Crippen molar-refractivity contribution in [3.8, 4) is 0 Å². The van der Waals surface area contributed by atoms with Crippen LogP contribution in [0.2, 0.25) is 0 Å². The third-order valence-corrected chi connectivity index (χ3v) is 2.59. The van der Waals surface area contributed by atoms with Gasteiger partial charge in [-0.3, -0.25) is 0 Å². The highest BCUT2D eigenvalue weighted by Gasteiger charge is 2.15. The second kappa shape index (κ2) is 2.94. The van der Waals surface area contributed by atoms with Crippen molar-refractivity contribution in [1.29, 1.82) is 0 Å². The van der Waals surface area contributed by atoms with Crippen molar-refractivity contribution in [2.75, 3.05) is 6.54 Å². The van der Waals surface area contributed by atoms with Gasteiger partial charge in [0.05, 0.1) is 0 Å². The molecule has 66 valence electrons. The Kier molecular flexibility index (Phi) is 1.93. The van der Waals surface area contributed by atoms with Gasteiger partial charge in [0.2, 0.25) is 0 Å². The quantitative estimate of drug-likeness (QED) is 0.650. The molecule has 2 N–H and O–H groups in total. The van der Waals surface area contributed by atoms with Crippen molar-refractivity contribution in [1.82, 2.24) is 10.3 Å². The predicted octanol–water partition coefficient (Wildman–Crippen LogP) is 1.78. The Morgan fingerprint density at radius 1 is 1.42 bits per heavy atom. The Labute approximate surface area is 73.4 Å². The van der Waals surface area contributed by atoms with Crippen LogP contribution in [-0.4, -0.2) is 11.5 Å². The van der Waals surface area contributed by atoms with Gasteiger partial charge in [-0.25, -0.2) is 0 Å². The third-order valence-electron chi connectivity index (χ3n) is 2.59. The van der Waals surface area contributed by atoms with Gasteiger partial charge in [0.15, 0.2) is 0 Å². The highest BCUT2D eigenvalue weighted by atomic mass is 14.9. The normalized spacial score (nSPS) is 16.6. The molecule has 0 aliphatic carbocycles. The van der Waals surface area contributed by atoms with E-state index in [4.69, 9.17) is 0 Å². The van der Waals surface area contributed by atoms with E-state index in [1.54, 1.807) is 5.56 Å². The second-order valence-electron chi connectivity index (χ2n) is 3.78. The lowest BCUT2D eigenvalue weighted by Crippen LogP contribution is -2.23. The zero-order valence-electron chi connectivity index (χ0n) is 7.78. The summed E-state index contributed by atoms with van der Waals surface area (Å²) >= 11 is 0. The number of nitrogens with one attached hydrogen (secondary N) is 2. The average Bonchev–Trinajstić information content (AvgIpc) is 2.47. The fraction of sp³-hybridized carbons (Fsp3) is 0.600. The number of aromatic amines is 1. The second-order valence-corrected chi connectivity index (χ2v) is 3.78. The molecule has 0 fully saturated rings. The van der Waals surface area contributed by atoms with Gasteiger partial charge < -0.3 is 10.3 Å². The first kappa shape index (κ1) is 7.87. The van der Waals surface area contributed by atoms with E-state index in [1.807, 2.05) is 0 Å². The molecule has 0 bridgehead atoms. The summed E-state index contributed by atoms with van der Waals surface area (Å²) in [6.45, 7) is 6.66. The molecule has 0 spiro atoms. The van der Waals surface area contributed by atoms with Gasteiger partial charge in [-0.05, 0) is 30.0 Å². The Morgan fingerprint density at radius 2 is 2.25 bits per heavy atom. The van der Waals surface area contributed by atoms with E-state index in [0.29, 0.717) is 5.92 Å². The van der Waals surface area contributed by atoms with Crippen LogP contribution in [0.15, 0.2) is 6.20 Å². The van der Waals surface area contributed by atoms with E-state index in [-0.39, 0.29) is 0 Å². The van der Waals surface area contributed by atoms with Gasteiger partial charge in [-0.2, -0.15) is 0 Å². The molecule has 0 amide bonds. The molecule has 2 heteroatoms. The predicted molar refractivity (Wildman–Crippen MR) is 50.3 cm³/mol. The third kappa shape index (κ3) is 1.16. The summed E-state index contributed by atoms with van der Waals surface area (Å²) in [4.78, 5) is 3.35. The molecule has 12 heavy (non-hydrogen) atoms. The highest BCUT2D eigenvalue weighted by Crippen LogP contribution is 2.24. The van der Waals surface area contributed by atoms with Crippen molar-refractivity contribution < 1.29 is 0 Å². The summed E-state index contributed by atoms with van der Waals surface area (Å²) in [6.07, 6.45) is 3.36. The summed E-state index contributed by atoms with van der Waals surface area (Å²) < 4.78 is 0. The molecule has 0 saturated carbocycles. The monoisotopic (exact) mass is 164 g/mol. The summed E-state index contributed by atoms with van der Waals surface area (Å²) in [6, 6.07) is 0. The molecule has 0 radical (unpaired) electrons. The van der Waals surface area contributed by atoms with E-state index < -0.39 is 0 Å². The molecule has 2 nitrogen and oxygen atoms in total. The molecule has 2 rings (SSSR count). The van der Waals surface area contributed by atoms with E-state index in [1.165, 1.54) is 17.7 Å². The van der Waals surface area contributed by atoms with Crippen LogP contribution < -0.4 is 5.32 Å². The first-order chi connectivity index (χ1) is 5.79. The Morgan fingerprint density at radius 3 is 3.00 bits per heavy atom. The topological polar surface area (TPSA) is 27.8 Å². The van der Waals surface area contributed by atoms with Crippen molar-refractivity contribution >= 4 is 0 Å². The fourth-order valence-corrected chi connectivity index (χ4v) is 1.91. The molecule has 1 aliphatic heterocycles. The largest absolute Gasteiger partial charge is 0.363 e. The van der Waals surface area contributed by atoms with Crippen molar-refractivity contribution in [3.63, 3.8) is 0 Å². The van der Waals surface area contributed by atoms with Crippen LogP contribution in [0, 0.1) is 0 Å². The SMILES string of the molecule is CC(C)c1c[nH]c2c1CCNC2. The van der Waals surface area contributed by atoms with Crippen molar-refractivity contribution in [2.45, 2.75) is 32.7 Å². The number of rotatable bonds is 1. The highest BCUT2D eigenvalue weighted by molar-refractivity contribution is 5.34. The van der Waals surface area contributed by atoms with Crippen LogP contribution in [0.1, 0.15) is 36.6 Å². The van der Waals surface area contributed by atoms with Gasteiger partial charge in [-0.15, -0.1) is 0 Å². The van der Waals surface area contributed by atoms with Gasteiger partial charge in [0.1, 0.15) is 0 Å². The van der Waals surface area contributed by atoms with Crippen LogP contribution in [-0.2, 0) is 13.0 Å². The standard InChI is InChI=1S/C10H16N2/c1-7(2)9-5-12-10-6-11-4-3-8(9)10/h5,7,11-12H,3-4,6H2,1-2H3. The van der Waals surface area contributed by atoms with Crippen LogP contribution in [0.3, 0.4) is 0 Å². The fourth-order valence-electron chi connectivity index (χ4n) is 1.91. The maximum atomic E-state index is 3.36. The zero-order chi connectivity index (χ0) is 8.55. The molecular formula is C10H16N2. The summed E-state index contributed by atoms with van der Waals surface area (Å²) in [7, 11) is 0. The maximum Gasteiger partial charge on any atom is 0.0360 e. The van der Waals surface area contributed by atoms with Gasteiger partial charge in [0, 0.05) is 18.4 Å². The Bertz CT molecular complexity index is 273. The minimum Gasteiger partial charge on any atom is -0.363 e. The van der Waals surface area contributed by atoms with Crippen LogP contribution in [0.5, 0.6) is 0 Å². The Balaban J connectivity index is 2.38. The van der Waals surface area contributed by atoms with E-state index in [0.717, 1.165) is 13.1 Å². The molecule has 0 aromatic carbocycles. The molecule has 1 aromatic heterocycles. The van der Waals surface area contributed by atoms with Crippen molar-refractivity contribution in [3.05, 3.63) is 23.0 Å². The van der Waals surface area contributed by atoms with Gasteiger partial charge in [-0.1, -0.05) is 13.8 Å². The zero-order valence-corrected chi connectivity index (χ0v) is 7.78. The van der Waals surface area contributed by atoms with Crippen molar-refractivity contribution in [2.24, 2.45) is 0 Å². The molecule has 0 unspecified atom stereocenters. The molecule has 0 saturated heterocycles. The lowest BCUT2D eigenvalue weighted by atomic mass is 9.97. The van der Waals surface area contributed by atoms with Gasteiger partial charge in [0.25, 0.3) is 0 Å². The lowest BCUT2D eigenvalue weighted by Gasteiger charge is -2.15. The minimum atomic E-state index is 0.656.